The van der Waals surface area contributed by atoms with Crippen LogP contribution < -0.4 is 0 Å². The van der Waals surface area contributed by atoms with Crippen molar-refractivity contribution in [2.24, 2.45) is 0 Å². The fourth-order valence-corrected chi connectivity index (χ4v) is 1.81. The van der Waals surface area contributed by atoms with Gasteiger partial charge in [0.1, 0.15) is 0 Å². The topological polar surface area (TPSA) is 26.3 Å². The van der Waals surface area contributed by atoms with Crippen LogP contribution in [0.5, 0.6) is 0 Å². The van der Waals surface area contributed by atoms with E-state index in [0.717, 1.165) is 5.56 Å². The first kappa shape index (κ1) is 12.3. The molecule has 0 saturated heterocycles. The molecule has 1 aromatic carbocycles. The minimum absolute atomic E-state index is 0.200. The van der Waals surface area contributed by atoms with Gasteiger partial charge in [0.05, 0.1) is 6.61 Å². The summed E-state index contributed by atoms with van der Waals surface area (Å²) >= 11 is 11.7. The van der Waals surface area contributed by atoms with Crippen molar-refractivity contribution in [3.63, 3.8) is 0 Å². The molecule has 0 radical (unpaired) electrons. The third-order valence-electron chi connectivity index (χ3n) is 1.85. The second-order valence-electron chi connectivity index (χ2n) is 3.08. The number of aryl methyl sites for hydroxylation is 1. The molecule has 2 nitrogen and oxygen atoms in total. The number of carbonyl (C=O) groups is 1. The molecule has 0 aromatic heterocycles. The van der Waals surface area contributed by atoms with E-state index in [1.165, 1.54) is 0 Å². The van der Waals surface area contributed by atoms with E-state index in [1.807, 2.05) is 0 Å². The van der Waals surface area contributed by atoms with Crippen LogP contribution in [0.2, 0.25) is 10.0 Å². The van der Waals surface area contributed by atoms with E-state index in [4.69, 9.17) is 27.9 Å². The summed E-state index contributed by atoms with van der Waals surface area (Å²) in [5, 5.41) is 1.17. The Morgan fingerprint density at radius 2 is 1.87 bits per heavy atom. The molecule has 0 fully saturated rings. The summed E-state index contributed by atoms with van der Waals surface area (Å²) < 4.78 is 4.82. The van der Waals surface area contributed by atoms with E-state index >= 15 is 0 Å². The van der Waals surface area contributed by atoms with Crippen LogP contribution in [0.15, 0.2) is 18.2 Å². The number of benzene rings is 1. The van der Waals surface area contributed by atoms with E-state index < -0.39 is 0 Å². The summed E-state index contributed by atoms with van der Waals surface area (Å²) in [7, 11) is 0. The zero-order chi connectivity index (χ0) is 11.3. The minimum Gasteiger partial charge on any atom is -0.466 e. The van der Waals surface area contributed by atoms with Crippen LogP contribution in [0.4, 0.5) is 0 Å². The number of hydrogen-bond donors (Lipinski definition) is 0. The Morgan fingerprint density at radius 3 is 2.40 bits per heavy atom. The molecule has 1 rings (SSSR count). The largest absolute Gasteiger partial charge is 0.466 e. The van der Waals surface area contributed by atoms with Gasteiger partial charge in [-0.3, -0.25) is 4.79 Å². The van der Waals surface area contributed by atoms with Crippen molar-refractivity contribution in [3.8, 4) is 0 Å². The highest BCUT2D eigenvalue weighted by Gasteiger charge is 2.04. The molecule has 82 valence electrons. The highest BCUT2D eigenvalue weighted by Crippen LogP contribution is 2.19. The Balaban J connectivity index is 2.54. The van der Waals surface area contributed by atoms with Gasteiger partial charge in [-0.15, -0.1) is 0 Å². The summed E-state index contributed by atoms with van der Waals surface area (Å²) in [6.45, 7) is 2.20. The zero-order valence-corrected chi connectivity index (χ0v) is 9.94. The van der Waals surface area contributed by atoms with Crippen molar-refractivity contribution in [1.29, 1.82) is 0 Å². The van der Waals surface area contributed by atoms with E-state index in [1.54, 1.807) is 25.1 Å². The first-order valence-electron chi connectivity index (χ1n) is 4.72. The molecule has 0 bridgehead atoms. The van der Waals surface area contributed by atoms with Gasteiger partial charge in [-0.1, -0.05) is 23.2 Å². The number of halogens is 2. The summed E-state index contributed by atoms with van der Waals surface area (Å²) in [4.78, 5) is 11.1. The molecule has 0 N–H and O–H groups in total. The number of esters is 1. The Hall–Kier alpha value is -0.730. The number of carbonyl (C=O) groups excluding carboxylic acids is 1. The number of hydrogen-bond acceptors (Lipinski definition) is 2. The molecular weight excluding hydrogens is 235 g/mol. The number of ether oxygens (including phenoxy) is 1. The Kier molecular flexibility index (Phi) is 4.92. The maximum absolute atomic E-state index is 11.1. The highest BCUT2D eigenvalue weighted by molar-refractivity contribution is 6.34. The van der Waals surface area contributed by atoms with Crippen LogP contribution >= 0.6 is 23.2 Å². The van der Waals surface area contributed by atoms with Gasteiger partial charge in [0.15, 0.2) is 0 Å². The lowest BCUT2D eigenvalue weighted by Crippen LogP contribution is -2.05. The second-order valence-corrected chi connectivity index (χ2v) is 3.96. The normalized spacial score (nSPS) is 10.1. The van der Waals surface area contributed by atoms with Gasteiger partial charge in [0, 0.05) is 16.5 Å². The van der Waals surface area contributed by atoms with Gasteiger partial charge in [-0.2, -0.15) is 0 Å². The Labute approximate surface area is 99.1 Å². The smallest absolute Gasteiger partial charge is 0.306 e. The molecule has 1 aromatic rings. The molecular formula is C11H12Cl2O2. The predicted octanol–water partition coefficient (Wildman–Crippen LogP) is 3.49. The number of rotatable bonds is 4. The van der Waals surface area contributed by atoms with Crippen LogP contribution in [0.25, 0.3) is 0 Å². The van der Waals surface area contributed by atoms with Crippen molar-refractivity contribution in [2.75, 3.05) is 6.61 Å². The summed E-state index contributed by atoms with van der Waals surface area (Å²) in [6.07, 6.45) is 0.948. The molecule has 0 saturated carbocycles. The lowest BCUT2D eigenvalue weighted by molar-refractivity contribution is -0.143. The van der Waals surface area contributed by atoms with Gasteiger partial charge < -0.3 is 4.74 Å². The molecule has 0 heterocycles. The van der Waals surface area contributed by atoms with E-state index in [9.17, 15) is 4.79 Å². The van der Waals surface area contributed by atoms with E-state index in [-0.39, 0.29) is 5.97 Å². The lowest BCUT2D eigenvalue weighted by Gasteiger charge is -2.03. The average Bonchev–Trinajstić information content (AvgIpc) is 2.14. The van der Waals surface area contributed by atoms with Gasteiger partial charge in [-0.25, -0.2) is 0 Å². The fourth-order valence-electron chi connectivity index (χ4n) is 1.23. The molecule has 0 unspecified atom stereocenters. The maximum Gasteiger partial charge on any atom is 0.306 e. The van der Waals surface area contributed by atoms with Crippen molar-refractivity contribution >= 4 is 29.2 Å². The fraction of sp³-hybridized carbons (Fsp3) is 0.364. The van der Waals surface area contributed by atoms with E-state index in [2.05, 4.69) is 0 Å². The van der Waals surface area contributed by atoms with Crippen molar-refractivity contribution in [2.45, 2.75) is 19.8 Å². The molecule has 0 aliphatic carbocycles. The van der Waals surface area contributed by atoms with Crippen LogP contribution in [0.1, 0.15) is 18.9 Å². The van der Waals surface area contributed by atoms with Crippen LogP contribution in [-0.4, -0.2) is 12.6 Å². The van der Waals surface area contributed by atoms with Crippen molar-refractivity contribution in [1.82, 2.24) is 0 Å². The van der Waals surface area contributed by atoms with Gasteiger partial charge >= 0.3 is 5.97 Å². The maximum atomic E-state index is 11.1. The molecule has 0 aliphatic rings. The van der Waals surface area contributed by atoms with Crippen LogP contribution in [0, 0.1) is 0 Å². The quantitative estimate of drug-likeness (QED) is 0.761. The van der Waals surface area contributed by atoms with Gasteiger partial charge in [0.2, 0.25) is 0 Å². The summed E-state index contributed by atoms with van der Waals surface area (Å²) in [5.41, 5.74) is 0.945. The van der Waals surface area contributed by atoms with Gasteiger partial charge in [0.25, 0.3) is 0 Å². The van der Waals surface area contributed by atoms with Crippen LogP contribution in [-0.2, 0) is 16.0 Å². The summed E-state index contributed by atoms with van der Waals surface area (Å²) in [5.74, 6) is -0.200. The molecule has 4 heteroatoms. The van der Waals surface area contributed by atoms with Crippen molar-refractivity contribution < 1.29 is 9.53 Å². The van der Waals surface area contributed by atoms with Crippen molar-refractivity contribution in [3.05, 3.63) is 33.8 Å². The molecule has 0 atom stereocenters. The monoisotopic (exact) mass is 246 g/mol. The molecule has 0 aliphatic heterocycles. The van der Waals surface area contributed by atoms with E-state index in [0.29, 0.717) is 29.5 Å². The van der Waals surface area contributed by atoms with Crippen LogP contribution in [0.3, 0.4) is 0 Å². The Bertz CT molecular complexity index is 330. The SMILES string of the molecule is CCOC(=O)CCc1cc(Cl)cc(Cl)c1. The zero-order valence-electron chi connectivity index (χ0n) is 8.43. The second kappa shape index (κ2) is 5.99. The highest BCUT2D eigenvalue weighted by atomic mass is 35.5. The minimum atomic E-state index is -0.200. The predicted molar refractivity (Wildman–Crippen MR) is 61.4 cm³/mol. The first-order chi connectivity index (χ1) is 7.11. The Morgan fingerprint density at radius 1 is 1.27 bits per heavy atom. The van der Waals surface area contributed by atoms with Gasteiger partial charge in [-0.05, 0) is 37.1 Å². The standard InChI is InChI=1S/C11H12Cl2O2/c1-2-15-11(14)4-3-8-5-9(12)7-10(13)6-8/h5-7H,2-4H2,1H3. The summed E-state index contributed by atoms with van der Waals surface area (Å²) in [6, 6.07) is 5.26. The first-order valence-corrected chi connectivity index (χ1v) is 5.48. The molecule has 0 spiro atoms. The third-order valence-corrected chi connectivity index (χ3v) is 2.28. The lowest BCUT2D eigenvalue weighted by atomic mass is 10.1. The third kappa shape index (κ3) is 4.54. The molecule has 15 heavy (non-hydrogen) atoms. The average molecular weight is 247 g/mol. The molecule has 0 amide bonds.